The van der Waals surface area contributed by atoms with Crippen LogP contribution in [0.5, 0.6) is 0 Å². The molecule has 0 radical (unpaired) electrons. The van der Waals surface area contributed by atoms with Crippen LogP contribution >= 0.6 is 22.9 Å². The standard InChI is InChI=1S/C6H6ClN3O2S/c7-6-3(2-9-12)10-5(13-6)1-4(8)11/h2,12H,1H2,(H2,8,11). The molecule has 0 aliphatic rings. The fourth-order valence-corrected chi connectivity index (χ4v) is 1.84. The molecule has 0 aliphatic heterocycles. The van der Waals surface area contributed by atoms with Crippen molar-refractivity contribution in [2.24, 2.45) is 10.9 Å². The number of carbonyl (C=O) groups is 1. The third-order valence-corrected chi connectivity index (χ3v) is 2.44. The van der Waals surface area contributed by atoms with Crippen LogP contribution in [0, 0.1) is 0 Å². The summed E-state index contributed by atoms with van der Waals surface area (Å²) in [5.41, 5.74) is 5.30. The number of carbonyl (C=O) groups excluding carboxylic acids is 1. The van der Waals surface area contributed by atoms with Crippen molar-refractivity contribution in [3.05, 3.63) is 15.0 Å². The summed E-state index contributed by atoms with van der Waals surface area (Å²) in [4.78, 5) is 14.4. The van der Waals surface area contributed by atoms with E-state index in [1.54, 1.807) is 0 Å². The Labute approximate surface area is 82.8 Å². The zero-order valence-corrected chi connectivity index (χ0v) is 7.97. The number of amides is 1. The van der Waals surface area contributed by atoms with E-state index in [-0.39, 0.29) is 6.42 Å². The highest BCUT2D eigenvalue weighted by Gasteiger charge is 2.09. The maximum absolute atomic E-state index is 10.5. The highest BCUT2D eigenvalue weighted by Crippen LogP contribution is 2.23. The van der Waals surface area contributed by atoms with Crippen LogP contribution in [0.15, 0.2) is 5.16 Å². The molecule has 1 aromatic rings. The van der Waals surface area contributed by atoms with Crippen LogP contribution < -0.4 is 5.73 Å². The molecular formula is C6H6ClN3O2S. The van der Waals surface area contributed by atoms with Crippen molar-refractivity contribution in [1.29, 1.82) is 0 Å². The third kappa shape index (κ3) is 2.67. The maximum Gasteiger partial charge on any atom is 0.224 e. The van der Waals surface area contributed by atoms with Crippen molar-refractivity contribution in [2.45, 2.75) is 6.42 Å². The summed E-state index contributed by atoms with van der Waals surface area (Å²) < 4.78 is 0.369. The molecule has 0 unspecified atom stereocenters. The lowest BCUT2D eigenvalue weighted by molar-refractivity contribution is -0.117. The van der Waals surface area contributed by atoms with E-state index in [0.29, 0.717) is 15.0 Å². The predicted molar refractivity (Wildman–Crippen MR) is 49.4 cm³/mol. The van der Waals surface area contributed by atoms with Crippen LogP contribution in [0.2, 0.25) is 4.34 Å². The van der Waals surface area contributed by atoms with E-state index in [1.165, 1.54) is 0 Å². The van der Waals surface area contributed by atoms with E-state index in [1.807, 2.05) is 0 Å². The van der Waals surface area contributed by atoms with Gasteiger partial charge in [-0.2, -0.15) is 0 Å². The Morgan fingerprint density at radius 3 is 3.08 bits per heavy atom. The number of aromatic nitrogens is 1. The maximum atomic E-state index is 10.5. The van der Waals surface area contributed by atoms with Crippen LogP contribution in [0.3, 0.4) is 0 Å². The molecule has 0 saturated carbocycles. The van der Waals surface area contributed by atoms with Gasteiger partial charge in [0.1, 0.15) is 15.0 Å². The second-order valence-electron chi connectivity index (χ2n) is 2.15. The molecule has 1 aromatic heterocycles. The van der Waals surface area contributed by atoms with Crippen molar-refractivity contribution in [1.82, 2.24) is 4.98 Å². The molecule has 0 saturated heterocycles. The molecule has 5 nitrogen and oxygen atoms in total. The van der Waals surface area contributed by atoms with E-state index in [4.69, 9.17) is 22.5 Å². The first-order valence-corrected chi connectivity index (χ1v) is 4.44. The molecule has 70 valence electrons. The molecule has 0 aromatic carbocycles. The Bertz CT molecular complexity index is 350. The summed E-state index contributed by atoms with van der Waals surface area (Å²) in [6, 6.07) is 0. The number of thiazole rings is 1. The summed E-state index contributed by atoms with van der Waals surface area (Å²) >= 11 is 6.84. The topological polar surface area (TPSA) is 88.6 Å². The Morgan fingerprint density at radius 1 is 1.85 bits per heavy atom. The van der Waals surface area contributed by atoms with Crippen molar-refractivity contribution in [3.63, 3.8) is 0 Å². The van der Waals surface area contributed by atoms with Crippen LogP contribution in [-0.2, 0) is 11.2 Å². The van der Waals surface area contributed by atoms with Crippen LogP contribution in [0.1, 0.15) is 10.7 Å². The number of oxime groups is 1. The quantitative estimate of drug-likeness (QED) is 0.444. The Hall–Kier alpha value is -1.14. The van der Waals surface area contributed by atoms with Crippen molar-refractivity contribution < 1.29 is 10.0 Å². The van der Waals surface area contributed by atoms with Gasteiger partial charge in [-0.15, -0.1) is 11.3 Å². The Morgan fingerprint density at radius 2 is 2.54 bits per heavy atom. The average Bonchev–Trinajstić information content (AvgIpc) is 2.31. The highest BCUT2D eigenvalue weighted by molar-refractivity contribution is 7.16. The first-order chi connectivity index (χ1) is 6.13. The molecule has 3 N–H and O–H groups in total. The van der Waals surface area contributed by atoms with Crippen molar-refractivity contribution in [2.75, 3.05) is 0 Å². The smallest absolute Gasteiger partial charge is 0.224 e. The summed E-state index contributed by atoms with van der Waals surface area (Å²) in [5, 5.41) is 11.5. The average molecular weight is 220 g/mol. The number of halogens is 1. The van der Waals surface area contributed by atoms with Gasteiger partial charge < -0.3 is 10.9 Å². The van der Waals surface area contributed by atoms with Gasteiger partial charge >= 0.3 is 0 Å². The van der Waals surface area contributed by atoms with Gasteiger partial charge in [-0.05, 0) is 0 Å². The van der Waals surface area contributed by atoms with E-state index in [0.717, 1.165) is 17.6 Å². The number of nitrogens with two attached hydrogens (primary N) is 1. The fourth-order valence-electron chi connectivity index (χ4n) is 0.716. The molecule has 1 heterocycles. The van der Waals surface area contributed by atoms with Crippen LogP contribution in [0.25, 0.3) is 0 Å². The fraction of sp³-hybridized carbons (Fsp3) is 0.167. The van der Waals surface area contributed by atoms with E-state index in [2.05, 4.69) is 10.1 Å². The first-order valence-electron chi connectivity index (χ1n) is 3.24. The first kappa shape index (κ1) is 9.94. The molecule has 0 fully saturated rings. The normalized spacial score (nSPS) is 10.8. The zero-order chi connectivity index (χ0) is 9.84. The van der Waals surface area contributed by atoms with Crippen molar-refractivity contribution >= 4 is 35.1 Å². The molecule has 0 bridgehead atoms. The minimum Gasteiger partial charge on any atom is -0.411 e. The lowest BCUT2D eigenvalue weighted by atomic mass is 10.4. The lowest BCUT2D eigenvalue weighted by Crippen LogP contribution is -2.13. The van der Waals surface area contributed by atoms with Crippen molar-refractivity contribution in [3.8, 4) is 0 Å². The van der Waals surface area contributed by atoms with Gasteiger partial charge in [0.05, 0.1) is 12.6 Å². The minimum absolute atomic E-state index is 0.0453. The SMILES string of the molecule is NC(=O)Cc1nc(C=NO)c(Cl)s1. The Balaban J connectivity index is 2.88. The zero-order valence-electron chi connectivity index (χ0n) is 6.40. The molecule has 0 atom stereocenters. The number of rotatable bonds is 3. The summed E-state index contributed by atoms with van der Waals surface area (Å²) in [6.07, 6.45) is 1.15. The summed E-state index contributed by atoms with van der Waals surface area (Å²) in [6.45, 7) is 0. The van der Waals surface area contributed by atoms with Gasteiger partial charge in [0.2, 0.25) is 5.91 Å². The lowest BCUT2D eigenvalue weighted by Gasteiger charge is -1.86. The van der Waals surface area contributed by atoms with Crippen LogP contribution in [0.4, 0.5) is 0 Å². The molecule has 0 aliphatic carbocycles. The molecule has 1 amide bonds. The predicted octanol–water partition coefficient (Wildman–Crippen LogP) is 0.632. The van der Waals surface area contributed by atoms with Gasteiger partial charge in [-0.1, -0.05) is 16.8 Å². The second kappa shape index (κ2) is 4.20. The number of nitrogens with zero attached hydrogens (tertiary/aromatic N) is 2. The van der Waals surface area contributed by atoms with Crippen LogP contribution in [-0.4, -0.2) is 22.3 Å². The molecule has 0 spiro atoms. The molecule has 7 heteroatoms. The monoisotopic (exact) mass is 219 g/mol. The van der Waals surface area contributed by atoms with Gasteiger partial charge in [0.25, 0.3) is 0 Å². The number of primary amides is 1. The molecule has 13 heavy (non-hydrogen) atoms. The number of hydrogen-bond acceptors (Lipinski definition) is 5. The van der Waals surface area contributed by atoms with Gasteiger partial charge in [0, 0.05) is 0 Å². The van der Waals surface area contributed by atoms with Gasteiger partial charge in [0.15, 0.2) is 0 Å². The van der Waals surface area contributed by atoms with Gasteiger partial charge in [-0.25, -0.2) is 4.98 Å². The Kier molecular flexibility index (Phi) is 3.21. The van der Waals surface area contributed by atoms with E-state index >= 15 is 0 Å². The largest absolute Gasteiger partial charge is 0.411 e. The number of hydrogen-bond donors (Lipinski definition) is 2. The van der Waals surface area contributed by atoms with Gasteiger partial charge in [-0.3, -0.25) is 4.79 Å². The molecule has 1 rings (SSSR count). The summed E-state index contributed by atoms with van der Waals surface area (Å²) in [7, 11) is 0. The second-order valence-corrected chi connectivity index (χ2v) is 3.84. The summed E-state index contributed by atoms with van der Waals surface area (Å²) in [5.74, 6) is -0.474. The van der Waals surface area contributed by atoms with E-state index < -0.39 is 5.91 Å². The molecular weight excluding hydrogens is 214 g/mol. The minimum atomic E-state index is -0.474. The third-order valence-electron chi connectivity index (χ3n) is 1.16. The highest BCUT2D eigenvalue weighted by atomic mass is 35.5. The van der Waals surface area contributed by atoms with E-state index in [9.17, 15) is 4.79 Å².